The van der Waals surface area contributed by atoms with Gasteiger partial charge in [0.15, 0.2) is 0 Å². The quantitative estimate of drug-likeness (QED) is 0.808. The number of amidine groups is 1. The number of aliphatic imine (C=N–C) groups is 1. The smallest absolute Gasteiger partial charge is 0.148 e. The Morgan fingerprint density at radius 3 is 1.96 bits per heavy atom. The van der Waals surface area contributed by atoms with Crippen molar-refractivity contribution in [3.05, 3.63) is 90.3 Å². The van der Waals surface area contributed by atoms with Gasteiger partial charge < -0.3 is 5.32 Å². The molecule has 23 heavy (non-hydrogen) atoms. The number of nitrogens with one attached hydrogen (secondary N) is 1. The molecule has 1 aliphatic heterocycles. The summed E-state index contributed by atoms with van der Waals surface area (Å²) in [5.74, 6) is 0.775. The van der Waals surface area contributed by atoms with E-state index in [2.05, 4.69) is 20.3 Å². The number of hydrogen-bond donors (Lipinski definition) is 1. The molecule has 1 aliphatic rings. The van der Waals surface area contributed by atoms with E-state index >= 15 is 0 Å². The summed E-state index contributed by atoms with van der Waals surface area (Å²) in [6.45, 7) is 0. The Labute approximate surface area is 134 Å². The van der Waals surface area contributed by atoms with Crippen LogP contribution in [-0.4, -0.2) is 20.8 Å². The molecule has 1 unspecified atom stereocenters. The van der Waals surface area contributed by atoms with Crippen LogP contribution in [0.2, 0.25) is 0 Å². The molecular formula is C18H15N5. The fourth-order valence-electron chi connectivity index (χ4n) is 2.70. The molecule has 0 radical (unpaired) electrons. The van der Waals surface area contributed by atoms with Crippen LogP contribution < -0.4 is 5.32 Å². The average Bonchev–Trinajstić information content (AvgIpc) is 3.09. The van der Waals surface area contributed by atoms with Gasteiger partial charge in [0.2, 0.25) is 0 Å². The van der Waals surface area contributed by atoms with Gasteiger partial charge in [-0.1, -0.05) is 18.2 Å². The Balaban J connectivity index is 1.75. The van der Waals surface area contributed by atoms with Crippen LogP contribution in [0.3, 0.4) is 0 Å². The number of nitrogens with zero attached hydrogens (tertiary/aromatic N) is 4. The molecule has 3 aromatic heterocycles. The van der Waals surface area contributed by atoms with Gasteiger partial charge in [0.25, 0.3) is 0 Å². The molecule has 0 spiro atoms. The Morgan fingerprint density at radius 1 is 0.696 bits per heavy atom. The number of pyridine rings is 3. The lowest BCUT2D eigenvalue weighted by molar-refractivity contribution is 0.546. The lowest BCUT2D eigenvalue weighted by Gasteiger charge is -2.17. The third-order valence-electron chi connectivity index (χ3n) is 3.78. The van der Waals surface area contributed by atoms with Crippen LogP contribution in [0, 0.1) is 0 Å². The summed E-state index contributed by atoms with van der Waals surface area (Å²) in [5, 5.41) is 3.46. The summed E-state index contributed by atoms with van der Waals surface area (Å²) in [6, 6.07) is 17.4. The molecule has 5 heteroatoms. The molecule has 2 atom stereocenters. The molecule has 112 valence electrons. The van der Waals surface area contributed by atoms with E-state index in [0.717, 1.165) is 22.9 Å². The Bertz CT molecular complexity index is 803. The van der Waals surface area contributed by atoms with Crippen molar-refractivity contribution in [3.8, 4) is 0 Å². The van der Waals surface area contributed by atoms with Gasteiger partial charge in [-0.05, 0) is 36.4 Å². The zero-order chi connectivity index (χ0) is 15.5. The summed E-state index contributed by atoms with van der Waals surface area (Å²) < 4.78 is 0. The second kappa shape index (κ2) is 5.96. The Morgan fingerprint density at radius 2 is 1.35 bits per heavy atom. The first-order valence-electron chi connectivity index (χ1n) is 7.49. The fourth-order valence-corrected chi connectivity index (χ4v) is 2.70. The van der Waals surface area contributed by atoms with Crippen molar-refractivity contribution >= 4 is 5.84 Å². The van der Waals surface area contributed by atoms with Crippen molar-refractivity contribution in [3.63, 3.8) is 0 Å². The standard InChI is InChI=1S/C18H15N5/c1-4-10-19-13(7-1)16-17(14-8-2-5-11-20-14)23-18(22-16)15-9-3-6-12-21-15/h1-12,16-17H,(H,22,23)/t16-,17?/m1/s1. The topological polar surface area (TPSA) is 63.1 Å². The Hall–Kier alpha value is -3.08. The third-order valence-corrected chi connectivity index (χ3v) is 3.78. The SMILES string of the molecule is c1ccc(C2=N[C@H](c3ccccn3)C(c3ccccn3)N2)nc1. The van der Waals surface area contributed by atoms with Crippen molar-refractivity contribution in [1.29, 1.82) is 0 Å². The second-order valence-corrected chi connectivity index (χ2v) is 5.27. The fraction of sp³-hybridized carbons (Fsp3) is 0.111. The minimum absolute atomic E-state index is 0.0527. The minimum Gasteiger partial charge on any atom is -0.358 e. The van der Waals surface area contributed by atoms with E-state index in [9.17, 15) is 0 Å². The molecule has 0 saturated carbocycles. The third kappa shape index (κ3) is 2.68. The lowest BCUT2D eigenvalue weighted by Crippen LogP contribution is -2.26. The maximum absolute atomic E-state index is 4.83. The van der Waals surface area contributed by atoms with Crippen molar-refractivity contribution in [2.45, 2.75) is 12.1 Å². The van der Waals surface area contributed by atoms with E-state index in [0.29, 0.717) is 0 Å². The molecule has 0 fully saturated rings. The summed E-state index contributed by atoms with van der Waals surface area (Å²) in [5.41, 5.74) is 2.69. The molecule has 4 rings (SSSR count). The molecule has 4 heterocycles. The van der Waals surface area contributed by atoms with E-state index in [-0.39, 0.29) is 12.1 Å². The largest absolute Gasteiger partial charge is 0.358 e. The van der Waals surface area contributed by atoms with Gasteiger partial charge in [-0.15, -0.1) is 0 Å². The number of rotatable bonds is 3. The van der Waals surface area contributed by atoms with E-state index in [1.165, 1.54) is 0 Å². The molecule has 3 aromatic rings. The van der Waals surface area contributed by atoms with Gasteiger partial charge in [0.1, 0.15) is 17.6 Å². The van der Waals surface area contributed by atoms with Crippen molar-refractivity contribution in [2.75, 3.05) is 0 Å². The van der Waals surface area contributed by atoms with E-state index in [4.69, 9.17) is 4.99 Å². The molecule has 5 nitrogen and oxygen atoms in total. The maximum Gasteiger partial charge on any atom is 0.148 e. The highest BCUT2D eigenvalue weighted by atomic mass is 15.2. The highest BCUT2D eigenvalue weighted by molar-refractivity contribution is 5.98. The average molecular weight is 301 g/mol. The summed E-state index contributed by atoms with van der Waals surface area (Å²) in [4.78, 5) is 18.2. The van der Waals surface area contributed by atoms with Crippen molar-refractivity contribution in [1.82, 2.24) is 20.3 Å². The summed E-state index contributed by atoms with van der Waals surface area (Å²) in [6.07, 6.45) is 5.35. The normalized spacial score (nSPS) is 19.9. The van der Waals surface area contributed by atoms with E-state index in [1.807, 2.05) is 54.6 Å². The van der Waals surface area contributed by atoms with Crippen LogP contribution >= 0.6 is 0 Å². The van der Waals surface area contributed by atoms with Gasteiger partial charge in [-0.25, -0.2) is 0 Å². The molecule has 0 bridgehead atoms. The highest BCUT2D eigenvalue weighted by Crippen LogP contribution is 2.34. The first kappa shape index (κ1) is 13.6. The van der Waals surface area contributed by atoms with Gasteiger partial charge in [0.05, 0.1) is 17.4 Å². The van der Waals surface area contributed by atoms with Crippen LogP contribution in [-0.2, 0) is 0 Å². The second-order valence-electron chi connectivity index (χ2n) is 5.27. The van der Waals surface area contributed by atoms with Crippen LogP contribution in [0.15, 0.2) is 78.2 Å². The van der Waals surface area contributed by atoms with Crippen LogP contribution in [0.25, 0.3) is 0 Å². The van der Waals surface area contributed by atoms with Crippen molar-refractivity contribution < 1.29 is 0 Å². The van der Waals surface area contributed by atoms with Gasteiger partial charge >= 0.3 is 0 Å². The van der Waals surface area contributed by atoms with Crippen molar-refractivity contribution in [2.24, 2.45) is 4.99 Å². The van der Waals surface area contributed by atoms with Crippen LogP contribution in [0.5, 0.6) is 0 Å². The Kier molecular flexibility index (Phi) is 3.52. The van der Waals surface area contributed by atoms with Crippen LogP contribution in [0.1, 0.15) is 29.2 Å². The van der Waals surface area contributed by atoms with Crippen LogP contribution in [0.4, 0.5) is 0 Å². The zero-order valence-corrected chi connectivity index (χ0v) is 12.4. The first-order valence-corrected chi connectivity index (χ1v) is 7.49. The summed E-state index contributed by atoms with van der Waals surface area (Å²) in [7, 11) is 0. The molecule has 0 amide bonds. The first-order chi connectivity index (χ1) is 11.4. The molecule has 0 aromatic carbocycles. The molecular weight excluding hydrogens is 286 g/mol. The highest BCUT2D eigenvalue weighted by Gasteiger charge is 2.33. The van der Waals surface area contributed by atoms with Gasteiger partial charge in [0, 0.05) is 18.6 Å². The predicted molar refractivity (Wildman–Crippen MR) is 87.9 cm³/mol. The lowest BCUT2D eigenvalue weighted by atomic mass is 10.0. The summed E-state index contributed by atoms with van der Waals surface area (Å²) >= 11 is 0. The van der Waals surface area contributed by atoms with Gasteiger partial charge in [-0.3, -0.25) is 19.9 Å². The molecule has 0 aliphatic carbocycles. The van der Waals surface area contributed by atoms with E-state index in [1.54, 1.807) is 18.6 Å². The molecule has 0 saturated heterocycles. The maximum atomic E-state index is 4.83. The zero-order valence-electron chi connectivity index (χ0n) is 12.4. The van der Waals surface area contributed by atoms with E-state index < -0.39 is 0 Å². The minimum atomic E-state index is -0.122. The number of hydrogen-bond acceptors (Lipinski definition) is 5. The monoisotopic (exact) mass is 301 g/mol. The number of aromatic nitrogens is 3. The van der Waals surface area contributed by atoms with Gasteiger partial charge in [-0.2, -0.15) is 0 Å². The molecule has 1 N–H and O–H groups in total. The predicted octanol–water partition coefficient (Wildman–Crippen LogP) is 2.70.